The molecular formula is C26H29N3O5S. The number of morpholine rings is 1. The third-order valence-corrected chi connectivity index (χ3v) is 7.61. The van der Waals surface area contributed by atoms with Crippen molar-refractivity contribution < 1.29 is 22.7 Å². The molecule has 1 fully saturated rings. The molecule has 9 heteroatoms. The molecule has 0 aromatic heterocycles. The van der Waals surface area contributed by atoms with E-state index in [4.69, 9.17) is 9.47 Å². The summed E-state index contributed by atoms with van der Waals surface area (Å²) in [6.07, 6.45) is 0. The second-order valence-electron chi connectivity index (χ2n) is 8.13. The molecule has 35 heavy (non-hydrogen) atoms. The lowest BCUT2D eigenvalue weighted by atomic mass is 10.2. The highest BCUT2D eigenvalue weighted by atomic mass is 32.2. The molecule has 8 nitrogen and oxygen atoms in total. The van der Waals surface area contributed by atoms with Gasteiger partial charge in [-0.15, -0.1) is 0 Å². The van der Waals surface area contributed by atoms with Gasteiger partial charge in [0.15, 0.2) is 0 Å². The quantitative estimate of drug-likeness (QED) is 0.490. The van der Waals surface area contributed by atoms with Gasteiger partial charge in [0.05, 0.1) is 31.8 Å². The Hall–Kier alpha value is -3.40. The molecule has 0 radical (unpaired) electrons. The van der Waals surface area contributed by atoms with Gasteiger partial charge in [-0.2, -0.15) is 4.31 Å². The summed E-state index contributed by atoms with van der Waals surface area (Å²) in [6.45, 7) is 1.99. The van der Waals surface area contributed by atoms with E-state index in [1.165, 1.54) is 10.4 Å². The first-order chi connectivity index (χ1) is 17.0. The van der Waals surface area contributed by atoms with Gasteiger partial charge in [0.1, 0.15) is 5.75 Å². The molecule has 3 aromatic rings. The zero-order valence-corrected chi connectivity index (χ0v) is 20.4. The number of hydrogen-bond donors (Lipinski definition) is 1. The molecule has 1 heterocycles. The predicted octanol–water partition coefficient (Wildman–Crippen LogP) is 3.36. The largest absolute Gasteiger partial charge is 0.497 e. The molecule has 0 spiro atoms. The molecule has 0 aliphatic carbocycles. The highest BCUT2D eigenvalue weighted by Gasteiger charge is 2.26. The van der Waals surface area contributed by atoms with E-state index in [0.717, 1.165) is 17.0 Å². The van der Waals surface area contributed by atoms with E-state index in [1.807, 2.05) is 59.5 Å². The molecule has 1 saturated heterocycles. The highest BCUT2D eigenvalue weighted by molar-refractivity contribution is 7.89. The van der Waals surface area contributed by atoms with Crippen LogP contribution in [-0.4, -0.2) is 58.6 Å². The van der Waals surface area contributed by atoms with E-state index in [2.05, 4.69) is 5.32 Å². The van der Waals surface area contributed by atoms with Crippen LogP contribution in [0.1, 0.15) is 5.56 Å². The van der Waals surface area contributed by atoms with Gasteiger partial charge in [-0.25, -0.2) is 8.42 Å². The number of rotatable bonds is 9. The van der Waals surface area contributed by atoms with Crippen molar-refractivity contribution in [2.24, 2.45) is 0 Å². The lowest BCUT2D eigenvalue weighted by Gasteiger charge is -2.26. The molecule has 1 N–H and O–H groups in total. The molecule has 0 atom stereocenters. The summed E-state index contributed by atoms with van der Waals surface area (Å²) in [4.78, 5) is 15.1. The van der Waals surface area contributed by atoms with Crippen LogP contribution in [0.25, 0.3) is 0 Å². The summed E-state index contributed by atoms with van der Waals surface area (Å²) in [5.74, 6) is 0.480. The van der Waals surface area contributed by atoms with Crippen LogP contribution in [0.4, 0.5) is 11.4 Å². The SMILES string of the molecule is COc1ccc(N(CC(=O)Nc2cccc(S(=O)(=O)N3CCOCC3)c2)Cc2ccccc2)cc1. The molecule has 3 aromatic carbocycles. The molecule has 4 rings (SSSR count). The number of carbonyl (C=O) groups excluding carboxylic acids is 1. The predicted molar refractivity (Wildman–Crippen MR) is 135 cm³/mol. The minimum absolute atomic E-state index is 0.0850. The number of anilines is 2. The maximum absolute atomic E-state index is 13.0. The van der Waals surface area contributed by atoms with Crippen molar-refractivity contribution in [2.75, 3.05) is 50.2 Å². The number of methoxy groups -OCH3 is 1. The van der Waals surface area contributed by atoms with E-state index in [1.54, 1.807) is 25.3 Å². The molecule has 0 unspecified atom stereocenters. The number of carbonyl (C=O) groups is 1. The van der Waals surface area contributed by atoms with Crippen molar-refractivity contribution in [1.82, 2.24) is 4.31 Å². The number of hydrogen-bond acceptors (Lipinski definition) is 6. The Kier molecular flexibility index (Phi) is 8.02. The third-order valence-electron chi connectivity index (χ3n) is 5.71. The second-order valence-corrected chi connectivity index (χ2v) is 10.1. The second kappa shape index (κ2) is 11.4. The van der Waals surface area contributed by atoms with Gasteiger partial charge in [0.2, 0.25) is 15.9 Å². The van der Waals surface area contributed by atoms with Crippen molar-refractivity contribution in [3.05, 3.63) is 84.4 Å². The number of nitrogens with one attached hydrogen (secondary N) is 1. The molecule has 1 aliphatic rings. The number of nitrogens with zero attached hydrogens (tertiary/aromatic N) is 2. The number of amides is 1. The van der Waals surface area contributed by atoms with Gasteiger partial charge in [-0.3, -0.25) is 4.79 Å². The first kappa shape index (κ1) is 24.7. The number of ether oxygens (including phenoxy) is 2. The Labute approximate surface area is 206 Å². The van der Waals surface area contributed by atoms with Gasteiger partial charge in [0, 0.05) is 31.0 Å². The smallest absolute Gasteiger partial charge is 0.243 e. The zero-order valence-electron chi connectivity index (χ0n) is 19.6. The first-order valence-corrected chi connectivity index (χ1v) is 12.8. The van der Waals surface area contributed by atoms with Crippen molar-refractivity contribution >= 4 is 27.3 Å². The molecule has 1 aliphatic heterocycles. The standard InChI is InChI=1S/C26H29N3O5S/c1-33-24-12-10-23(11-13-24)28(19-21-6-3-2-4-7-21)20-26(30)27-22-8-5-9-25(18-22)35(31,32)29-14-16-34-17-15-29/h2-13,18H,14-17,19-20H2,1H3,(H,27,30). The van der Waals surface area contributed by atoms with Crippen LogP contribution in [0.5, 0.6) is 5.75 Å². The van der Waals surface area contributed by atoms with E-state index in [0.29, 0.717) is 38.5 Å². The summed E-state index contributed by atoms with van der Waals surface area (Å²) in [7, 11) is -2.05. The average Bonchev–Trinajstić information content (AvgIpc) is 2.89. The van der Waals surface area contributed by atoms with Gasteiger partial charge in [0.25, 0.3) is 0 Å². The minimum atomic E-state index is -3.65. The van der Waals surface area contributed by atoms with Gasteiger partial charge >= 0.3 is 0 Å². The fourth-order valence-electron chi connectivity index (χ4n) is 3.88. The van der Waals surface area contributed by atoms with Crippen molar-refractivity contribution in [3.8, 4) is 5.75 Å². The molecule has 1 amide bonds. The van der Waals surface area contributed by atoms with Gasteiger partial charge in [-0.05, 0) is 48.0 Å². The van der Waals surface area contributed by atoms with Gasteiger partial charge in [-0.1, -0.05) is 36.4 Å². The van der Waals surface area contributed by atoms with Crippen LogP contribution in [-0.2, 0) is 26.1 Å². The monoisotopic (exact) mass is 495 g/mol. The molecule has 0 bridgehead atoms. The van der Waals surface area contributed by atoms with Crippen LogP contribution >= 0.6 is 0 Å². The third kappa shape index (κ3) is 6.39. The Morgan fingerprint density at radius 1 is 1.00 bits per heavy atom. The van der Waals surface area contributed by atoms with Crippen molar-refractivity contribution in [2.45, 2.75) is 11.4 Å². The fourth-order valence-corrected chi connectivity index (χ4v) is 5.33. The van der Waals surface area contributed by atoms with Crippen LogP contribution < -0.4 is 15.0 Å². The van der Waals surface area contributed by atoms with E-state index in [9.17, 15) is 13.2 Å². The van der Waals surface area contributed by atoms with Gasteiger partial charge < -0.3 is 19.7 Å². The topological polar surface area (TPSA) is 88.2 Å². The molecular weight excluding hydrogens is 466 g/mol. The Balaban J connectivity index is 1.49. The van der Waals surface area contributed by atoms with Crippen molar-refractivity contribution in [3.63, 3.8) is 0 Å². The highest BCUT2D eigenvalue weighted by Crippen LogP contribution is 2.23. The normalized spacial score (nSPS) is 14.3. The summed E-state index contributed by atoms with van der Waals surface area (Å²) < 4.78 is 37.9. The van der Waals surface area contributed by atoms with Crippen LogP contribution in [0.3, 0.4) is 0 Å². The Morgan fingerprint density at radius 3 is 2.40 bits per heavy atom. The Bertz CT molecular complexity index is 1230. The van der Waals surface area contributed by atoms with E-state index in [-0.39, 0.29) is 17.3 Å². The lowest BCUT2D eigenvalue weighted by molar-refractivity contribution is -0.115. The minimum Gasteiger partial charge on any atom is -0.497 e. The number of sulfonamides is 1. The summed E-state index contributed by atoms with van der Waals surface area (Å²) in [5.41, 5.74) is 2.36. The van der Waals surface area contributed by atoms with Crippen LogP contribution in [0.15, 0.2) is 83.8 Å². The van der Waals surface area contributed by atoms with Crippen molar-refractivity contribution in [1.29, 1.82) is 0 Å². The van der Waals surface area contributed by atoms with E-state index < -0.39 is 10.0 Å². The fraction of sp³-hybridized carbons (Fsp3) is 0.269. The zero-order chi connectivity index (χ0) is 24.7. The molecule has 184 valence electrons. The van der Waals surface area contributed by atoms with Crippen LogP contribution in [0.2, 0.25) is 0 Å². The van der Waals surface area contributed by atoms with Crippen LogP contribution in [0, 0.1) is 0 Å². The summed E-state index contributed by atoms with van der Waals surface area (Å²) in [5, 5.41) is 2.85. The average molecular weight is 496 g/mol. The lowest BCUT2D eigenvalue weighted by Crippen LogP contribution is -2.40. The van der Waals surface area contributed by atoms with E-state index >= 15 is 0 Å². The Morgan fingerprint density at radius 2 is 1.71 bits per heavy atom. The number of benzene rings is 3. The maximum Gasteiger partial charge on any atom is 0.243 e. The maximum atomic E-state index is 13.0. The summed E-state index contributed by atoms with van der Waals surface area (Å²) in [6, 6.07) is 23.8. The molecule has 0 saturated carbocycles. The first-order valence-electron chi connectivity index (χ1n) is 11.4. The summed E-state index contributed by atoms with van der Waals surface area (Å²) >= 11 is 0.